The van der Waals surface area contributed by atoms with Gasteiger partial charge in [0.2, 0.25) is 10.0 Å². The summed E-state index contributed by atoms with van der Waals surface area (Å²) in [6.07, 6.45) is -1.10. The van der Waals surface area contributed by atoms with Crippen LogP contribution in [0.2, 0.25) is 0 Å². The van der Waals surface area contributed by atoms with Crippen molar-refractivity contribution in [1.82, 2.24) is 9.21 Å². The van der Waals surface area contributed by atoms with Crippen molar-refractivity contribution in [3.63, 3.8) is 0 Å². The van der Waals surface area contributed by atoms with Crippen LogP contribution in [0.5, 0.6) is 5.75 Å². The Hall–Kier alpha value is -2.20. The Morgan fingerprint density at radius 2 is 1.77 bits per heavy atom. The molecule has 2 heterocycles. The molecular formula is C22H28FN3O4S. The van der Waals surface area contributed by atoms with Gasteiger partial charge in [0.1, 0.15) is 23.8 Å². The summed E-state index contributed by atoms with van der Waals surface area (Å²) >= 11 is 0. The number of benzene rings is 2. The summed E-state index contributed by atoms with van der Waals surface area (Å²) in [5.41, 5.74) is 1.25. The average molecular weight is 450 g/mol. The van der Waals surface area contributed by atoms with Crippen molar-refractivity contribution in [3.8, 4) is 5.75 Å². The largest absolute Gasteiger partial charge is 0.496 e. The Balaban J connectivity index is 1.64. The number of methoxy groups -OCH3 is 1. The fourth-order valence-corrected chi connectivity index (χ4v) is 6.50. The van der Waals surface area contributed by atoms with Crippen LogP contribution < -0.4 is 9.64 Å². The van der Waals surface area contributed by atoms with E-state index < -0.39 is 22.3 Å². The SMILES string of the molecule is CCCN1C(N2CCN(c3ccc(F)cc3)CC2)C(O)c2c(OC)cccc2S1(=O)=O. The summed E-state index contributed by atoms with van der Waals surface area (Å²) in [5.74, 6) is 0.0976. The lowest BCUT2D eigenvalue weighted by molar-refractivity contribution is -0.0236. The van der Waals surface area contributed by atoms with Gasteiger partial charge in [0.25, 0.3) is 0 Å². The number of aliphatic hydroxyl groups is 1. The Morgan fingerprint density at radius 3 is 2.39 bits per heavy atom. The maximum absolute atomic E-state index is 13.5. The van der Waals surface area contributed by atoms with Gasteiger partial charge in [-0.2, -0.15) is 4.31 Å². The van der Waals surface area contributed by atoms with Crippen LogP contribution in [0.25, 0.3) is 0 Å². The van der Waals surface area contributed by atoms with Crippen molar-refractivity contribution < 1.29 is 22.7 Å². The average Bonchev–Trinajstić information content (AvgIpc) is 2.78. The monoisotopic (exact) mass is 449 g/mol. The molecule has 2 unspecified atom stereocenters. The van der Waals surface area contributed by atoms with Crippen LogP contribution in [-0.2, 0) is 10.0 Å². The summed E-state index contributed by atoms with van der Waals surface area (Å²) in [5, 5.41) is 11.3. The van der Waals surface area contributed by atoms with Gasteiger partial charge in [0.05, 0.1) is 12.0 Å². The van der Waals surface area contributed by atoms with Crippen LogP contribution in [0.1, 0.15) is 25.0 Å². The van der Waals surface area contributed by atoms with E-state index >= 15 is 0 Å². The smallest absolute Gasteiger partial charge is 0.245 e. The predicted molar refractivity (Wildman–Crippen MR) is 116 cm³/mol. The number of hydrogen-bond acceptors (Lipinski definition) is 6. The van der Waals surface area contributed by atoms with Crippen molar-refractivity contribution in [2.24, 2.45) is 0 Å². The van der Waals surface area contributed by atoms with E-state index in [-0.39, 0.29) is 10.7 Å². The van der Waals surface area contributed by atoms with Gasteiger partial charge in [-0.05, 0) is 42.8 Å². The number of nitrogens with zero attached hydrogens (tertiary/aromatic N) is 3. The second-order valence-corrected chi connectivity index (χ2v) is 9.70. The number of fused-ring (bicyclic) bond motifs is 1. The quantitative estimate of drug-likeness (QED) is 0.756. The lowest BCUT2D eigenvalue weighted by atomic mass is 10.0. The molecule has 4 rings (SSSR count). The zero-order chi connectivity index (χ0) is 22.2. The molecule has 2 atom stereocenters. The number of rotatable bonds is 5. The Morgan fingerprint density at radius 1 is 1.10 bits per heavy atom. The van der Waals surface area contributed by atoms with Crippen LogP contribution in [-0.4, -0.2) is 68.7 Å². The number of ether oxygens (including phenoxy) is 1. The summed E-state index contributed by atoms with van der Waals surface area (Å²) < 4.78 is 47.0. The number of sulfonamides is 1. The second-order valence-electron chi connectivity index (χ2n) is 7.85. The summed E-state index contributed by atoms with van der Waals surface area (Å²) in [4.78, 5) is 4.26. The first-order valence-electron chi connectivity index (χ1n) is 10.5. The molecule has 7 nitrogen and oxygen atoms in total. The Bertz CT molecular complexity index is 1020. The van der Waals surface area contributed by atoms with E-state index in [2.05, 4.69) is 4.90 Å². The zero-order valence-corrected chi connectivity index (χ0v) is 18.6. The maximum atomic E-state index is 13.5. The Labute approximate surface area is 182 Å². The minimum absolute atomic E-state index is 0.106. The third kappa shape index (κ3) is 3.91. The van der Waals surface area contributed by atoms with E-state index in [0.29, 0.717) is 50.5 Å². The van der Waals surface area contributed by atoms with Crippen molar-refractivity contribution in [2.45, 2.75) is 30.5 Å². The zero-order valence-electron chi connectivity index (χ0n) is 17.7. The molecule has 0 saturated carbocycles. The van der Waals surface area contributed by atoms with Crippen molar-refractivity contribution in [3.05, 3.63) is 53.8 Å². The highest BCUT2D eigenvalue weighted by molar-refractivity contribution is 7.89. The van der Waals surface area contributed by atoms with Gasteiger partial charge in [-0.3, -0.25) is 4.90 Å². The lowest BCUT2D eigenvalue weighted by Gasteiger charge is -2.48. The molecule has 2 aliphatic rings. The molecule has 0 bridgehead atoms. The van der Waals surface area contributed by atoms with Crippen LogP contribution in [0, 0.1) is 5.82 Å². The van der Waals surface area contributed by atoms with Crippen LogP contribution in [0.3, 0.4) is 0 Å². The molecule has 0 radical (unpaired) electrons. The third-order valence-corrected chi connectivity index (χ3v) is 7.96. The molecule has 0 aromatic heterocycles. The number of hydrogen-bond donors (Lipinski definition) is 1. The minimum atomic E-state index is -3.78. The summed E-state index contributed by atoms with van der Waals surface area (Å²) in [6.45, 7) is 4.67. The normalized spacial score (nSPS) is 24.1. The number of halogens is 1. The highest BCUT2D eigenvalue weighted by Crippen LogP contribution is 2.43. The van der Waals surface area contributed by atoms with Gasteiger partial charge >= 0.3 is 0 Å². The summed E-state index contributed by atoms with van der Waals surface area (Å²) in [6, 6.07) is 11.2. The van der Waals surface area contributed by atoms with Gasteiger partial charge in [-0.1, -0.05) is 13.0 Å². The van der Waals surface area contributed by atoms with E-state index in [4.69, 9.17) is 4.74 Å². The molecule has 2 aromatic rings. The summed E-state index contributed by atoms with van der Waals surface area (Å²) in [7, 11) is -2.31. The molecule has 9 heteroatoms. The van der Waals surface area contributed by atoms with Crippen molar-refractivity contribution in [1.29, 1.82) is 0 Å². The fourth-order valence-electron chi connectivity index (χ4n) is 4.54. The first kappa shape index (κ1) is 22.0. The molecule has 2 aliphatic heterocycles. The molecule has 1 fully saturated rings. The van der Waals surface area contributed by atoms with E-state index in [1.54, 1.807) is 24.3 Å². The van der Waals surface area contributed by atoms with E-state index in [9.17, 15) is 17.9 Å². The van der Waals surface area contributed by atoms with Crippen LogP contribution in [0.4, 0.5) is 10.1 Å². The molecular weight excluding hydrogens is 421 g/mol. The van der Waals surface area contributed by atoms with Gasteiger partial charge in [-0.25, -0.2) is 12.8 Å². The second kappa shape index (κ2) is 8.74. The topological polar surface area (TPSA) is 73.3 Å². The van der Waals surface area contributed by atoms with Gasteiger partial charge in [-0.15, -0.1) is 0 Å². The molecule has 1 saturated heterocycles. The number of aliphatic hydroxyl groups excluding tert-OH is 1. The third-order valence-electron chi connectivity index (χ3n) is 6.03. The first-order valence-corrected chi connectivity index (χ1v) is 11.9. The van der Waals surface area contributed by atoms with Crippen LogP contribution >= 0.6 is 0 Å². The fraction of sp³-hybridized carbons (Fsp3) is 0.455. The molecule has 0 aliphatic carbocycles. The lowest BCUT2D eigenvalue weighted by Crippen LogP contribution is -2.61. The van der Waals surface area contributed by atoms with Crippen molar-refractivity contribution >= 4 is 15.7 Å². The highest BCUT2D eigenvalue weighted by atomic mass is 32.2. The molecule has 0 amide bonds. The molecule has 168 valence electrons. The van der Waals surface area contributed by atoms with Crippen LogP contribution in [0.15, 0.2) is 47.4 Å². The molecule has 31 heavy (non-hydrogen) atoms. The molecule has 2 aromatic carbocycles. The minimum Gasteiger partial charge on any atom is -0.496 e. The van der Waals surface area contributed by atoms with E-state index in [1.165, 1.54) is 29.6 Å². The van der Waals surface area contributed by atoms with Gasteiger partial charge in [0, 0.05) is 44.0 Å². The van der Waals surface area contributed by atoms with Gasteiger partial charge < -0.3 is 14.7 Å². The number of piperazine rings is 1. The standard InChI is InChI=1S/C22H28FN3O4S/c1-3-11-26-22(21(27)20-18(30-2)5-4-6-19(20)31(26,28)29)25-14-12-24(13-15-25)17-9-7-16(23)8-10-17/h4-10,21-22,27H,3,11-15H2,1-2H3. The Kier molecular flexibility index (Phi) is 6.20. The number of anilines is 1. The maximum Gasteiger partial charge on any atom is 0.245 e. The predicted octanol–water partition coefficient (Wildman–Crippen LogP) is 2.43. The van der Waals surface area contributed by atoms with E-state index in [1.807, 2.05) is 11.8 Å². The first-order chi connectivity index (χ1) is 14.9. The van der Waals surface area contributed by atoms with E-state index in [0.717, 1.165) is 5.69 Å². The van der Waals surface area contributed by atoms with Crippen molar-refractivity contribution in [2.75, 3.05) is 44.7 Å². The molecule has 1 N–H and O–H groups in total. The molecule has 0 spiro atoms. The highest BCUT2D eigenvalue weighted by Gasteiger charge is 2.47. The van der Waals surface area contributed by atoms with Gasteiger partial charge in [0.15, 0.2) is 0 Å².